The lowest BCUT2D eigenvalue weighted by Crippen LogP contribution is -2.56. The molecule has 0 unspecified atom stereocenters. The Kier molecular flexibility index (Phi) is 2.95. The monoisotopic (exact) mass is 164 g/mol. The van der Waals surface area contributed by atoms with E-state index in [0.717, 1.165) is 13.1 Å². The van der Waals surface area contributed by atoms with Crippen LogP contribution < -0.4 is 0 Å². The number of hydrogen-bond acceptors (Lipinski definition) is 3. The van der Waals surface area contributed by atoms with Gasteiger partial charge in [-0.3, -0.25) is 4.90 Å². The van der Waals surface area contributed by atoms with E-state index < -0.39 is 0 Å². The number of halogens is 1. The molecule has 60 valence electrons. The molecule has 1 rings (SSSR count). The maximum Gasteiger partial charge on any atom is 0.0765 e. The van der Waals surface area contributed by atoms with Crippen molar-refractivity contribution in [2.45, 2.75) is 6.04 Å². The van der Waals surface area contributed by atoms with Crippen LogP contribution in [0.25, 0.3) is 0 Å². The second kappa shape index (κ2) is 3.55. The second-order valence-electron chi connectivity index (χ2n) is 2.89. The summed E-state index contributed by atoms with van der Waals surface area (Å²) >= 11 is 0.407. The number of nitrogens with zero attached hydrogens (tertiary/aromatic N) is 2. The van der Waals surface area contributed by atoms with E-state index in [0.29, 0.717) is 24.1 Å². The summed E-state index contributed by atoms with van der Waals surface area (Å²) in [6, 6.07) is 0.646. The van der Waals surface area contributed by atoms with Crippen LogP contribution >= 0.6 is 12.1 Å². The van der Waals surface area contributed by atoms with Gasteiger partial charge in [0.1, 0.15) is 0 Å². The van der Waals surface area contributed by atoms with E-state index in [-0.39, 0.29) is 0 Å². The van der Waals surface area contributed by atoms with Crippen LogP contribution in [0.1, 0.15) is 0 Å². The molecule has 1 aliphatic heterocycles. The fraction of sp³-hybridized carbons (Fsp3) is 1.00. The lowest BCUT2D eigenvalue weighted by Gasteiger charge is -2.41. The lowest BCUT2D eigenvalue weighted by molar-refractivity contribution is 0.0816. The van der Waals surface area contributed by atoms with Crippen LogP contribution in [-0.4, -0.2) is 48.9 Å². The largest absolute Gasteiger partial charge is 0.304 e. The summed E-state index contributed by atoms with van der Waals surface area (Å²) in [5, 5.41) is 0. The summed E-state index contributed by atoms with van der Waals surface area (Å²) in [6.07, 6.45) is 0. The Morgan fingerprint density at radius 3 is 2.60 bits per heavy atom. The average molecular weight is 164 g/mol. The Labute approximate surface area is 65.7 Å². The minimum absolute atomic E-state index is 0.407. The Bertz CT molecular complexity index is 104. The molecule has 0 aromatic heterocycles. The van der Waals surface area contributed by atoms with Crippen molar-refractivity contribution in [1.82, 2.24) is 9.80 Å². The van der Waals surface area contributed by atoms with Gasteiger partial charge >= 0.3 is 0 Å². The third-order valence-corrected chi connectivity index (χ3v) is 2.36. The van der Waals surface area contributed by atoms with Gasteiger partial charge in [0, 0.05) is 19.1 Å². The Hall–Kier alpha value is 0.200. The van der Waals surface area contributed by atoms with E-state index >= 15 is 0 Å². The van der Waals surface area contributed by atoms with Crippen molar-refractivity contribution in [3.05, 3.63) is 0 Å². The zero-order valence-corrected chi connectivity index (χ0v) is 7.20. The molecule has 0 aromatic carbocycles. The Morgan fingerprint density at radius 2 is 2.20 bits per heavy atom. The molecule has 4 heteroatoms. The van der Waals surface area contributed by atoms with E-state index in [2.05, 4.69) is 23.9 Å². The Balaban J connectivity index is 2.06. The molecule has 0 saturated carbocycles. The van der Waals surface area contributed by atoms with Crippen LogP contribution in [0.5, 0.6) is 0 Å². The van der Waals surface area contributed by atoms with Crippen molar-refractivity contribution < 1.29 is 3.89 Å². The first-order valence-corrected chi connectivity index (χ1v) is 4.25. The lowest BCUT2D eigenvalue weighted by atomic mass is 10.1. The first-order valence-electron chi connectivity index (χ1n) is 3.36. The summed E-state index contributed by atoms with van der Waals surface area (Å²) in [5.41, 5.74) is 0. The van der Waals surface area contributed by atoms with E-state index in [1.165, 1.54) is 0 Å². The van der Waals surface area contributed by atoms with Crippen LogP contribution in [0.4, 0.5) is 3.89 Å². The van der Waals surface area contributed by atoms with Crippen molar-refractivity contribution in [2.75, 3.05) is 33.1 Å². The summed E-state index contributed by atoms with van der Waals surface area (Å²) in [5.74, 6) is 0.532. The predicted molar refractivity (Wildman–Crippen MR) is 42.6 cm³/mol. The van der Waals surface area contributed by atoms with E-state index in [1.807, 2.05) is 0 Å². The number of likely N-dealkylation sites (tertiary alicyclic amines) is 1. The van der Waals surface area contributed by atoms with Gasteiger partial charge in [-0.2, -0.15) is 3.89 Å². The highest BCUT2D eigenvalue weighted by Gasteiger charge is 2.27. The van der Waals surface area contributed by atoms with Crippen LogP contribution in [0, 0.1) is 0 Å². The molecular weight excluding hydrogens is 151 g/mol. The Morgan fingerprint density at radius 1 is 1.60 bits per heavy atom. The molecule has 2 nitrogen and oxygen atoms in total. The number of rotatable bonds is 3. The SMILES string of the molecule is CN(C)C1CN(CSF)C1. The van der Waals surface area contributed by atoms with Gasteiger partial charge in [-0.1, -0.05) is 0 Å². The highest BCUT2D eigenvalue weighted by Crippen LogP contribution is 2.15. The molecule has 10 heavy (non-hydrogen) atoms. The van der Waals surface area contributed by atoms with E-state index in [1.54, 1.807) is 0 Å². The van der Waals surface area contributed by atoms with Gasteiger partial charge in [-0.15, -0.1) is 0 Å². The molecule has 0 radical (unpaired) electrons. The maximum absolute atomic E-state index is 11.7. The molecule has 1 heterocycles. The van der Waals surface area contributed by atoms with Gasteiger partial charge in [0.05, 0.1) is 18.0 Å². The first kappa shape index (κ1) is 8.30. The standard InChI is InChI=1S/C6H13FN2S/c1-8(2)6-3-9(4-6)5-10-7/h6H,3-5H2,1-2H3. The van der Waals surface area contributed by atoms with Crippen molar-refractivity contribution in [3.63, 3.8) is 0 Å². The van der Waals surface area contributed by atoms with Gasteiger partial charge in [0.25, 0.3) is 0 Å². The van der Waals surface area contributed by atoms with Crippen LogP contribution in [0.3, 0.4) is 0 Å². The molecule has 0 aliphatic carbocycles. The summed E-state index contributed by atoms with van der Waals surface area (Å²) in [7, 11) is 4.12. The van der Waals surface area contributed by atoms with Crippen molar-refractivity contribution in [2.24, 2.45) is 0 Å². The molecule has 0 spiro atoms. The normalized spacial score (nSPS) is 21.6. The molecular formula is C6H13FN2S. The second-order valence-corrected chi connectivity index (χ2v) is 3.37. The topological polar surface area (TPSA) is 6.48 Å². The molecule has 0 amide bonds. The molecule has 0 bridgehead atoms. The smallest absolute Gasteiger partial charge is 0.0765 e. The molecule has 0 N–H and O–H groups in total. The number of likely N-dealkylation sites (N-methyl/N-ethyl adjacent to an activating group) is 1. The molecule has 0 aromatic rings. The molecule has 1 saturated heterocycles. The van der Waals surface area contributed by atoms with Crippen LogP contribution in [0.15, 0.2) is 0 Å². The highest BCUT2D eigenvalue weighted by atomic mass is 32.2. The molecule has 0 atom stereocenters. The van der Waals surface area contributed by atoms with Gasteiger partial charge in [-0.25, -0.2) is 0 Å². The minimum atomic E-state index is 0.407. The predicted octanol–water partition coefficient (Wildman–Crippen LogP) is 0.807. The zero-order valence-electron chi connectivity index (χ0n) is 6.38. The van der Waals surface area contributed by atoms with Crippen molar-refractivity contribution in [1.29, 1.82) is 0 Å². The summed E-state index contributed by atoms with van der Waals surface area (Å²) < 4.78 is 11.7. The first-order chi connectivity index (χ1) is 4.74. The van der Waals surface area contributed by atoms with Crippen molar-refractivity contribution >= 4 is 12.1 Å². The summed E-state index contributed by atoms with van der Waals surface area (Å²) in [6.45, 7) is 2.04. The van der Waals surface area contributed by atoms with Crippen LogP contribution in [0.2, 0.25) is 0 Å². The summed E-state index contributed by atoms with van der Waals surface area (Å²) in [4.78, 5) is 4.27. The van der Waals surface area contributed by atoms with Gasteiger partial charge in [0.2, 0.25) is 0 Å². The molecule has 1 aliphatic rings. The third kappa shape index (κ3) is 1.84. The van der Waals surface area contributed by atoms with E-state index in [9.17, 15) is 3.89 Å². The number of hydrogen-bond donors (Lipinski definition) is 0. The van der Waals surface area contributed by atoms with Crippen molar-refractivity contribution in [3.8, 4) is 0 Å². The maximum atomic E-state index is 11.7. The molecule has 1 fully saturated rings. The average Bonchev–Trinajstić information content (AvgIpc) is 1.76. The van der Waals surface area contributed by atoms with E-state index in [4.69, 9.17) is 0 Å². The highest BCUT2D eigenvalue weighted by molar-refractivity contribution is 7.94. The zero-order chi connectivity index (χ0) is 7.56. The minimum Gasteiger partial charge on any atom is -0.304 e. The fourth-order valence-electron chi connectivity index (χ4n) is 1.04. The van der Waals surface area contributed by atoms with Gasteiger partial charge in [-0.05, 0) is 14.1 Å². The quantitative estimate of drug-likeness (QED) is 0.609. The van der Waals surface area contributed by atoms with Gasteiger partial charge < -0.3 is 4.90 Å². The van der Waals surface area contributed by atoms with Gasteiger partial charge in [0.15, 0.2) is 0 Å². The van der Waals surface area contributed by atoms with Crippen LogP contribution in [-0.2, 0) is 0 Å². The third-order valence-electron chi connectivity index (χ3n) is 1.90. The fourth-order valence-corrected chi connectivity index (χ4v) is 1.39.